The van der Waals surface area contributed by atoms with E-state index in [9.17, 15) is 9.18 Å². The molecule has 8 nitrogen and oxygen atoms in total. The third-order valence-corrected chi connectivity index (χ3v) is 8.27. The van der Waals surface area contributed by atoms with E-state index in [0.717, 1.165) is 43.1 Å². The lowest BCUT2D eigenvalue weighted by Gasteiger charge is -2.53. The number of ether oxygens (including phenoxy) is 2. The molecule has 7 rings (SSSR count). The molecule has 1 saturated carbocycles. The van der Waals surface area contributed by atoms with E-state index in [-0.39, 0.29) is 22.5 Å². The zero-order chi connectivity index (χ0) is 25.6. The summed E-state index contributed by atoms with van der Waals surface area (Å²) in [6.45, 7) is 1.04. The molecule has 0 amide bonds. The van der Waals surface area contributed by atoms with Crippen molar-refractivity contribution in [2.45, 2.75) is 56.2 Å². The fourth-order valence-corrected chi connectivity index (χ4v) is 5.86. The molecule has 0 aromatic carbocycles. The number of nitrogens with one attached hydrogen (secondary N) is 1. The molecule has 9 heteroatoms. The standard InChI is InChI=1S/C28H30FN5O3/c1-34-23-4-3-13-30-22(23)14-18(26(34)35)15-32-27-9-11-28(12-10-27,37-17-27)8-7-19-20(29)16-31-21-5-6-24(36-2)33-25(19)21/h3-6,13-14,16,32H,7-12,15,17H2,1-2H3. The van der Waals surface area contributed by atoms with Crippen LogP contribution in [0.15, 0.2) is 47.5 Å². The number of methoxy groups -OCH3 is 1. The first-order valence-corrected chi connectivity index (χ1v) is 12.7. The van der Waals surface area contributed by atoms with Crippen LogP contribution in [0.1, 0.15) is 43.2 Å². The van der Waals surface area contributed by atoms with E-state index in [1.165, 1.54) is 6.20 Å². The molecule has 1 aliphatic carbocycles. The number of pyridine rings is 4. The Morgan fingerprint density at radius 1 is 1.16 bits per heavy atom. The average molecular weight is 504 g/mol. The Labute approximate surface area is 213 Å². The fourth-order valence-electron chi connectivity index (χ4n) is 5.86. The van der Waals surface area contributed by atoms with Crippen LogP contribution >= 0.6 is 0 Å². The van der Waals surface area contributed by atoms with Gasteiger partial charge in [-0.1, -0.05) is 0 Å². The van der Waals surface area contributed by atoms with Crippen LogP contribution in [0.4, 0.5) is 4.39 Å². The maximum absolute atomic E-state index is 14.8. The first kappa shape index (κ1) is 23.9. The Kier molecular flexibility index (Phi) is 5.92. The van der Waals surface area contributed by atoms with Gasteiger partial charge >= 0.3 is 0 Å². The van der Waals surface area contributed by atoms with Gasteiger partial charge in [-0.3, -0.25) is 14.8 Å². The molecule has 0 radical (unpaired) electrons. The highest BCUT2D eigenvalue weighted by molar-refractivity contribution is 5.78. The minimum Gasteiger partial charge on any atom is -0.481 e. The van der Waals surface area contributed by atoms with Crippen molar-refractivity contribution in [3.05, 3.63) is 70.0 Å². The molecule has 3 aliphatic rings. The second-order valence-corrected chi connectivity index (χ2v) is 10.4. The highest BCUT2D eigenvalue weighted by atomic mass is 19.1. The van der Waals surface area contributed by atoms with Crippen molar-refractivity contribution < 1.29 is 13.9 Å². The Bertz CT molecular complexity index is 1530. The van der Waals surface area contributed by atoms with Crippen LogP contribution in [0, 0.1) is 5.82 Å². The molecule has 1 N–H and O–H groups in total. The molecule has 2 bridgehead atoms. The van der Waals surface area contributed by atoms with Gasteiger partial charge in [0.1, 0.15) is 5.82 Å². The van der Waals surface area contributed by atoms with E-state index in [1.54, 1.807) is 37.1 Å². The van der Waals surface area contributed by atoms with Gasteiger partial charge in [0, 0.05) is 42.5 Å². The third kappa shape index (κ3) is 4.26. The molecule has 4 aromatic rings. The predicted molar refractivity (Wildman–Crippen MR) is 138 cm³/mol. The number of aryl methyl sites for hydroxylation is 2. The lowest BCUT2D eigenvalue weighted by atomic mass is 9.69. The van der Waals surface area contributed by atoms with Crippen molar-refractivity contribution in [3.8, 4) is 5.88 Å². The summed E-state index contributed by atoms with van der Waals surface area (Å²) < 4.78 is 28.2. The smallest absolute Gasteiger partial charge is 0.255 e. The van der Waals surface area contributed by atoms with Crippen LogP contribution in [0.5, 0.6) is 5.88 Å². The molecule has 2 aliphatic heterocycles. The normalized spacial score (nSPS) is 23.1. The topological polar surface area (TPSA) is 91.2 Å². The van der Waals surface area contributed by atoms with Gasteiger partial charge in [-0.2, -0.15) is 0 Å². The highest BCUT2D eigenvalue weighted by Gasteiger charge is 2.49. The van der Waals surface area contributed by atoms with Gasteiger partial charge in [-0.05, 0) is 62.8 Å². The first-order chi connectivity index (χ1) is 17.9. The molecular weight excluding hydrogens is 473 g/mol. The summed E-state index contributed by atoms with van der Waals surface area (Å²) in [5, 5.41) is 3.65. The number of halogens is 1. The Balaban J connectivity index is 1.14. The van der Waals surface area contributed by atoms with E-state index in [1.807, 2.05) is 18.2 Å². The van der Waals surface area contributed by atoms with E-state index in [0.29, 0.717) is 47.6 Å². The molecule has 3 fully saturated rings. The minimum absolute atomic E-state index is 0.0110. The number of nitrogens with zero attached hydrogens (tertiary/aromatic N) is 4. The molecule has 4 aromatic heterocycles. The van der Waals surface area contributed by atoms with Gasteiger partial charge in [0.2, 0.25) is 5.88 Å². The zero-order valence-electron chi connectivity index (χ0n) is 21.1. The SMILES string of the molecule is COc1ccc2ncc(F)c(CCC34CCC(NCc5cc6ncccc6n(C)c5=O)(CC3)CO4)c2n1. The van der Waals surface area contributed by atoms with Gasteiger partial charge in [-0.25, -0.2) is 9.37 Å². The summed E-state index contributed by atoms with van der Waals surface area (Å²) in [6, 6.07) is 9.17. The van der Waals surface area contributed by atoms with Crippen LogP contribution in [-0.2, 0) is 24.8 Å². The number of rotatable bonds is 7. The highest BCUT2D eigenvalue weighted by Crippen LogP contribution is 2.46. The van der Waals surface area contributed by atoms with Crippen molar-refractivity contribution in [1.29, 1.82) is 0 Å². The molecule has 6 heterocycles. The molecule has 0 unspecified atom stereocenters. The number of hydrogen-bond acceptors (Lipinski definition) is 7. The van der Waals surface area contributed by atoms with E-state index >= 15 is 0 Å². The second-order valence-electron chi connectivity index (χ2n) is 10.4. The van der Waals surface area contributed by atoms with Gasteiger partial charge < -0.3 is 19.4 Å². The maximum atomic E-state index is 14.8. The minimum atomic E-state index is -0.348. The van der Waals surface area contributed by atoms with Crippen LogP contribution < -0.4 is 15.6 Å². The third-order valence-electron chi connectivity index (χ3n) is 8.27. The lowest BCUT2D eigenvalue weighted by Crippen LogP contribution is -2.61. The van der Waals surface area contributed by atoms with Crippen molar-refractivity contribution in [2.24, 2.45) is 7.05 Å². The van der Waals surface area contributed by atoms with Crippen molar-refractivity contribution >= 4 is 22.1 Å². The van der Waals surface area contributed by atoms with Crippen LogP contribution in [0.25, 0.3) is 22.1 Å². The fraction of sp³-hybridized carbons (Fsp3) is 0.429. The summed E-state index contributed by atoms with van der Waals surface area (Å²) in [5.74, 6) is 0.0949. The summed E-state index contributed by atoms with van der Waals surface area (Å²) in [6.07, 6.45) is 7.92. The Hall–Kier alpha value is -3.43. The summed E-state index contributed by atoms with van der Waals surface area (Å²) in [7, 11) is 3.33. The van der Waals surface area contributed by atoms with Gasteiger partial charge in [0.25, 0.3) is 5.56 Å². The van der Waals surface area contributed by atoms with Crippen molar-refractivity contribution in [3.63, 3.8) is 0 Å². The Morgan fingerprint density at radius 3 is 2.76 bits per heavy atom. The quantitative estimate of drug-likeness (QED) is 0.410. The molecule has 0 spiro atoms. The zero-order valence-corrected chi connectivity index (χ0v) is 21.1. The van der Waals surface area contributed by atoms with Crippen LogP contribution in [0.3, 0.4) is 0 Å². The summed E-state index contributed by atoms with van der Waals surface area (Å²) >= 11 is 0. The van der Waals surface area contributed by atoms with Crippen molar-refractivity contribution in [1.82, 2.24) is 24.8 Å². The average Bonchev–Trinajstić information content (AvgIpc) is 2.94. The van der Waals surface area contributed by atoms with Crippen LogP contribution in [-0.4, -0.2) is 44.4 Å². The van der Waals surface area contributed by atoms with E-state index in [2.05, 4.69) is 20.3 Å². The van der Waals surface area contributed by atoms with Gasteiger partial charge in [0.15, 0.2) is 0 Å². The lowest BCUT2D eigenvalue weighted by molar-refractivity contribution is -0.165. The number of fused-ring (bicyclic) bond motifs is 5. The Morgan fingerprint density at radius 2 is 2.00 bits per heavy atom. The number of hydrogen-bond donors (Lipinski definition) is 1. The van der Waals surface area contributed by atoms with Gasteiger partial charge in [-0.15, -0.1) is 0 Å². The van der Waals surface area contributed by atoms with Crippen molar-refractivity contribution in [2.75, 3.05) is 13.7 Å². The predicted octanol–water partition coefficient (Wildman–Crippen LogP) is 3.83. The first-order valence-electron chi connectivity index (χ1n) is 12.7. The maximum Gasteiger partial charge on any atom is 0.255 e. The molecule has 192 valence electrons. The number of aromatic nitrogens is 4. The van der Waals surface area contributed by atoms with E-state index in [4.69, 9.17) is 9.47 Å². The summed E-state index contributed by atoms with van der Waals surface area (Å²) in [4.78, 5) is 26.0. The molecular formula is C28H30FN5O3. The molecule has 2 saturated heterocycles. The molecule has 0 atom stereocenters. The summed E-state index contributed by atoms with van der Waals surface area (Å²) in [5.41, 5.74) is 3.66. The van der Waals surface area contributed by atoms with Gasteiger partial charge in [0.05, 0.1) is 47.6 Å². The monoisotopic (exact) mass is 503 g/mol. The second kappa shape index (κ2) is 9.15. The van der Waals surface area contributed by atoms with E-state index < -0.39 is 0 Å². The molecule has 37 heavy (non-hydrogen) atoms. The van der Waals surface area contributed by atoms with Crippen LogP contribution in [0.2, 0.25) is 0 Å². The largest absolute Gasteiger partial charge is 0.481 e.